The molecule has 1 N–H and O–H groups in total. The fourth-order valence-electron chi connectivity index (χ4n) is 6.19. The summed E-state index contributed by atoms with van der Waals surface area (Å²) in [5, 5.41) is 0. The van der Waals surface area contributed by atoms with Crippen LogP contribution in [0, 0.1) is 34.6 Å². The highest BCUT2D eigenvalue weighted by Crippen LogP contribution is 2.33. The second-order valence-corrected chi connectivity index (χ2v) is 14.0. The second-order valence-electron chi connectivity index (χ2n) is 14.0. The van der Waals surface area contributed by atoms with Gasteiger partial charge < -0.3 is 14.1 Å². The Morgan fingerprint density at radius 1 is 0.516 bits per heavy atom. The lowest BCUT2D eigenvalue weighted by Crippen LogP contribution is -3.00. The van der Waals surface area contributed by atoms with Gasteiger partial charge in [-0.3, -0.25) is 25.9 Å². The Morgan fingerprint density at radius 2 is 0.984 bits per heavy atom. The van der Waals surface area contributed by atoms with Crippen molar-refractivity contribution in [1.29, 1.82) is 0 Å². The van der Waals surface area contributed by atoms with Gasteiger partial charge in [0.2, 0.25) is 5.69 Å². The van der Waals surface area contributed by atoms with Gasteiger partial charge in [-0.25, -0.2) is 9.41 Å². The molecule has 318 valence electrons. The van der Waals surface area contributed by atoms with Gasteiger partial charge in [-0.1, -0.05) is 119 Å². The fourth-order valence-corrected chi connectivity index (χ4v) is 6.19. The summed E-state index contributed by atoms with van der Waals surface area (Å²) in [5.74, 6) is 3.50. The highest BCUT2D eigenvalue weighted by molar-refractivity contribution is 6.33. The molecule has 0 spiro atoms. The van der Waals surface area contributed by atoms with Crippen molar-refractivity contribution in [2.45, 2.75) is 34.6 Å². The third-order valence-electron chi connectivity index (χ3n) is 9.22. The molecule has 0 unspecified atom stereocenters. The lowest BCUT2D eigenvalue weighted by molar-refractivity contribution is -0.342. The summed E-state index contributed by atoms with van der Waals surface area (Å²) >= 11 is 0. The zero-order chi connectivity index (χ0) is 43.2. The van der Waals surface area contributed by atoms with Crippen LogP contribution in [0.3, 0.4) is 0 Å². The Kier molecular flexibility index (Phi) is 19.1. The zero-order valence-corrected chi connectivity index (χ0v) is 34.6. The second kappa shape index (κ2) is 23.9. The number of fused-ring (bicyclic) bond motifs is 1. The van der Waals surface area contributed by atoms with E-state index in [4.69, 9.17) is 9.15 Å². The first-order valence-corrected chi connectivity index (χ1v) is 19.0. The van der Waals surface area contributed by atoms with E-state index in [1.807, 2.05) is 25.3 Å². The van der Waals surface area contributed by atoms with Gasteiger partial charge in [0.1, 0.15) is 11.5 Å². The molecule has 8 rings (SSSR count). The van der Waals surface area contributed by atoms with E-state index in [2.05, 4.69) is 178 Å². The van der Waals surface area contributed by atoms with Crippen molar-refractivity contribution >= 4 is 43.9 Å². The Morgan fingerprint density at radius 3 is 1.52 bits per heavy atom. The number of para-hydroxylation sites is 1. The van der Waals surface area contributed by atoms with Gasteiger partial charge in [0.15, 0.2) is 6.21 Å². The minimum atomic E-state index is -3.67. The standard InChI is InChI=1S/C29H23NO.C20H19O.2BF3.2FH/c1-20-7-11-22(12-8-20)25-17-26(31-29(18-25)23-13-9-21(2)10-14-23)16-15-24-19-30-28-6-4-3-5-27(24)28;1-14-4-8-17(9-5-14)19-12-16(3)21-20(13-19)18-10-6-15(2)7-11-18;2*2-1(3)4;;/h3-19H,1-2H3;4-13H,1-3H3;;;2*1H/q;+1;;;;/p-1. The molecule has 2 aliphatic heterocycles. The molecule has 0 saturated carbocycles. The maximum Gasteiger partial charge on any atom is 0.762 e. The maximum absolute atomic E-state index is 9.67. The normalized spacial score (nSPS) is 13.1. The largest absolute Gasteiger partial charge is 1.00 e. The van der Waals surface area contributed by atoms with Crippen LogP contribution in [-0.4, -0.2) is 21.3 Å². The third-order valence-corrected chi connectivity index (χ3v) is 9.22. The molecule has 0 amide bonds. The molecule has 1 aromatic heterocycles. The predicted octanol–water partition coefficient (Wildman–Crippen LogP) is 7.11. The molecule has 13 heteroatoms. The van der Waals surface area contributed by atoms with E-state index in [9.17, 15) is 25.9 Å². The number of hydrogen-bond acceptors (Lipinski definition) is 1. The summed E-state index contributed by atoms with van der Waals surface area (Å²) in [6.45, 7) is 10.4. The molecular weight excluding hydrogens is 808 g/mol. The van der Waals surface area contributed by atoms with E-state index < -0.39 is 15.1 Å². The van der Waals surface area contributed by atoms with Gasteiger partial charge in [0, 0.05) is 23.3 Å². The first kappa shape index (κ1) is 49.6. The highest BCUT2D eigenvalue weighted by atomic mass is 19.4. The number of rotatable bonds is 5. The SMILES string of the molecule is Cc1ccc(-c2cc(C)[o+]c(-c3ccc(C)cc3)c2)cc1.Cc1ccc(C2=CC(=CC=C3C=[NH+]c4ccccc43)OC(c3ccc(C)cc3)=C2)cc1.FB(F)F.FB(F)F.[F-].[F-]. The van der Waals surface area contributed by atoms with Crippen molar-refractivity contribution in [2.75, 3.05) is 0 Å². The third kappa shape index (κ3) is 15.1. The van der Waals surface area contributed by atoms with Crippen LogP contribution in [0.15, 0.2) is 168 Å². The van der Waals surface area contributed by atoms with E-state index in [0.29, 0.717) is 0 Å². The fraction of sp³-hybridized carbons (Fsp3) is 0.102. The van der Waals surface area contributed by atoms with Crippen LogP contribution in [-0.2, 0) is 4.74 Å². The van der Waals surface area contributed by atoms with Gasteiger partial charge in [-0.15, -0.1) is 0 Å². The Balaban J connectivity index is 0.000000287. The van der Waals surface area contributed by atoms with Gasteiger partial charge in [0.05, 0.1) is 29.7 Å². The highest BCUT2D eigenvalue weighted by Gasteiger charge is 2.19. The summed E-state index contributed by atoms with van der Waals surface area (Å²) in [6.07, 6.45) is 10.4. The molecule has 2 aliphatic rings. The smallest absolute Gasteiger partial charge is 0.762 e. The van der Waals surface area contributed by atoms with Crippen LogP contribution in [0.5, 0.6) is 0 Å². The molecule has 0 radical (unpaired) electrons. The van der Waals surface area contributed by atoms with E-state index in [-0.39, 0.29) is 9.41 Å². The average molecular weight is 851 g/mol. The monoisotopic (exact) mass is 851 g/mol. The van der Waals surface area contributed by atoms with Crippen LogP contribution in [0.25, 0.3) is 39.4 Å². The molecule has 0 aliphatic carbocycles. The molecule has 5 aromatic carbocycles. The summed E-state index contributed by atoms with van der Waals surface area (Å²) in [4.78, 5) is 3.33. The van der Waals surface area contributed by atoms with Crippen molar-refractivity contribution in [3.63, 3.8) is 0 Å². The van der Waals surface area contributed by atoms with Crippen LogP contribution in [0.2, 0.25) is 0 Å². The van der Waals surface area contributed by atoms with E-state index in [1.54, 1.807) is 0 Å². The first-order chi connectivity index (χ1) is 28.7. The molecule has 0 bridgehead atoms. The first-order valence-electron chi connectivity index (χ1n) is 19.0. The lowest BCUT2D eigenvalue weighted by Gasteiger charge is -2.18. The molecule has 6 aromatic rings. The number of allylic oxidation sites excluding steroid dienone is 6. The number of hydrogen-bond donors (Lipinski definition) is 1. The summed E-state index contributed by atoms with van der Waals surface area (Å²) < 4.78 is 70.2. The van der Waals surface area contributed by atoms with Crippen molar-refractivity contribution in [3.05, 3.63) is 208 Å². The van der Waals surface area contributed by atoms with Crippen molar-refractivity contribution in [2.24, 2.45) is 0 Å². The van der Waals surface area contributed by atoms with Crippen molar-refractivity contribution < 1.29 is 49.4 Å². The number of aryl methyl sites for hydroxylation is 5. The molecule has 3 nitrogen and oxygen atoms in total. The number of halogens is 8. The van der Waals surface area contributed by atoms with Crippen LogP contribution >= 0.6 is 0 Å². The van der Waals surface area contributed by atoms with E-state index >= 15 is 0 Å². The van der Waals surface area contributed by atoms with E-state index in [0.717, 1.165) is 51.0 Å². The Labute approximate surface area is 357 Å². The van der Waals surface area contributed by atoms with Crippen LogP contribution in [0.1, 0.15) is 44.7 Å². The van der Waals surface area contributed by atoms with Gasteiger partial charge >= 0.3 is 26.6 Å². The molecule has 62 heavy (non-hydrogen) atoms. The molecular formula is C49H43B2F8NO2. The van der Waals surface area contributed by atoms with E-state index in [1.165, 1.54) is 44.5 Å². The topological polar surface area (TPSA) is 34.5 Å². The average Bonchev–Trinajstić information content (AvgIpc) is 3.64. The van der Waals surface area contributed by atoms with Gasteiger partial charge in [0.25, 0.3) is 0 Å². The molecule has 0 atom stereocenters. The number of ether oxygens (including phenoxy) is 1. The van der Waals surface area contributed by atoms with Crippen molar-refractivity contribution in [3.8, 4) is 22.5 Å². The minimum Gasteiger partial charge on any atom is -1.00 e. The summed E-state index contributed by atoms with van der Waals surface area (Å²) in [5.41, 5.74) is 15.4. The van der Waals surface area contributed by atoms with Gasteiger partial charge in [-0.05, 0) is 86.9 Å². The number of benzene rings is 5. The predicted molar refractivity (Wildman–Crippen MR) is 235 cm³/mol. The van der Waals surface area contributed by atoms with Crippen LogP contribution in [0.4, 0.5) is 31.6 Å². The molecule has 3 heterocycles. The van der Waals surface area contributed by atoms with Crippen molar-refractivity contribution in [1.82, 2.24) is 0 Å². The Hall–Kier alpha value is -6.75. The lowest BCUT2D eigenvalue weighted by atomic mass is 9.99. The molecule has 0 saturated heterocycles. The minimum absolute atomic E-state index is 0. The van der Waals surface area contributed by atoms with Crippen LogP contribution < -0.4 is 14.4 Å². The summed E-state index contributed by atoms with van der Waals surface area (Å²) in [7, 11) is -7.33. The molecule has 0 fully saturated rings. The number of nitrogens with one attached hydrogen (secondary N) is 1. The van der Waals surface area contributed by atoms with Gasteiger partial charge in [-0.2, -0.15) is 0 Å². The zero-order valence-electron chi connectivity index (χ0n) is 34.6. The Bertz CT molecular complexity index is 2440. The maximum atomic E-state index is 9.67. The summed E-state index contributed by atoms with van der Waals surface area (Å²) in [6, 6.07) is 46.6. The quantitative estimate of drug-likeness (QED) is 0.114.